The highest BCUT2D eigenvalue weighted by Crippen LogP contribution is 2.27. The number of hydrogen-bond acceptors (Lipinski definition) is 5. The lowest BCUT2D eigenvalue weighted by molar-refractivity contribution is -0.960. The summed E-state index contributed by atoms with van der Waals surface area (Å²) in [5, 5.41) is 11.1. The van der Waals surface area contributed by atoms with E-state index in [0.29, 0.717) is 19.8 Å². The van der Waals surface area contributed by atoms with Crippen molar-refractivity contribution in [3.8, 4) is 0 Å². The topological polar surface area (TPSA) is 100.0 Å². The molecule has 0 spiro atoms. The highest BCUT2D eigenvalue weighted by Gasteiger charge is 2.43. The first-order valence-electron chi connectivity index (χ1n) is 9.28. The van der Waals surface area contributed by atoms with E-state index in [1.54, 1.807) is 0 Å². The van der Waals surface area contributed by atoms with E-state index < -0.39 is 16.0 Å². The second kappa shape index (κ2) is 8.45. The molecule has 2 N–H and O–H groups in total. The fourth-order valence-electron chi connectivity index (χ4n) is 4.18. The minimum atomic E-state index is -3.94. The molecule has 1 aromatic carbocycles. The standard InChI is InChI=1S/C18H25ClN2O5S/c19-15-5-4-14(17(22)23)12-16(15)27(24,25)20-13-18(6-2-1-3-7-18)21-8-10-26-11-9-21/h4-5,12,20H,1-3,6-11,13H2,(H,22,23). The van der Waals surface area contributed by atoms with Crippen LogP contribution < -0.4 is 14.7 Å². The van der Waals surface area contributed by atoms with Crippen molar-refractivity contribution in [2.45, 2.75) is 42.5 Å². The van der Waals surface area contributed by atoms with Crippen LogP contribution in [0.3, 0.4) is 0 Å². The Morgan fingerprint density at radius 2 is 1.89 bits per heavy atom. The monoisotopic (exact) mass is 416 g/mol. The van der Waals surface area contributed by atoms with Gasteiger partial charge in [0.05, 0.1) is 30.8 Å². The van der Waals surface area contributed by atoms with Crippen molar-refractivity contribution in [2.75, 3.05) is 32.8 Å². The molecule has 1 heterocycles. The lowest BCUT2D eigenvalue weighted by Crippen LogP contribution is -3.23. The molecule has 7 nitrogen and oxygen atoms in total. The van der Waals surface area contributed by atoms with Gasteiger partial charge in [-0.15, -0.1) is 0 Å². The first-order chi connectivity index (χ1) is 12.8. The van der Waals surface area contributed by atoms with Crippen molar-refractivity contribution in [3.05, 3.63) is 28.8 Å². The van der Waals surface area contributed by atoms with Gasteiger partial charge in [-0.05, 0) is 30.5 Å². The van der Waals surface area contributed by atoms with Gasteiger partial charge >= 0.3 is 0 Å². The lowest BCUT2D eigenvalue weighted by Gasteiger charge is -2.45. The minimum Gasteiger partial charge on any atom is -0.545 e. The predicted octanol–water partition coefficient (Wildman–Crippen LogP) is -0.400. The Morgan fingerprint density at radius 1 is 1.22 bits per heavy atom. The number of morpholine rings is 1. The highest BCUT2D eigenvalue weighted by molar-refractivity contribution is 7.89. The molecule has 0 bridgehead atoms. The van der Waals surface area contributed by atoms with Gasteiger partial charge in [0.15, 0.2) is 0 Å². The lowest BCUT2D eigenvalue weighted by atomic mass is 9.80. The third-order valence-corrected chi connectivity index (χ3v) is 7.60. The zero-order valence-corrected chi connectivity index (χ0v) is 16.7. The van der Waals surface area contributed by atoms with Crippen LogP contribution in [0, 0.1) is 0 Å². The molecule has 0 unspecified atom stereocenters. The SMILES string of the molecule is O=C([O-])c1ccc(Cl)c(S(=O)(=O)NCC2([NH+]3CCOCC3)CCCCC2)c1. The number of halogens is 1. The van der Waals surface area contributed by atoms with Crippen LogP contribution in [-0.2, 0) is 14.8 Å². The van der Waals surface area contributed by atoms with Crippen molar-refractivity contribution >= 4 is 27.6 Å². The number of hydrogen-bond donors (Lipinski definition) is 2. The van der Waals surface area contributed by atoms with Crippen LogP contribution in [0.1, 0.15) is 42.5 Å². The van der Waals surface area contributed by atoms with Gasteiger partial charge in [-0.3, -0.25) is 0 Å². The molecular weight excluding hydrogens is 392 g/mol. The van der Waals surface area contributed by atoms with E-state index in [2.05, 4.69) is 4.72 Å². The van der Waals surface area contributed by atoms with Gasteiger partial charge in [0.25, 0.3) is 0 Å². The summed E-state index contributed by atoms with van der Waals surface area (Å²) < 4.78 is 33.9. The van der Waals surface area contributed by atoms with Gasteiger partial charge in [0, 0.05) is 12.8 Å². The quantitative estimate of drug-likeness (QED) is 0.657. The van der Waals surface area contributed by atoms with E-state index in [1.807, 2.05) is 0 Å². The zero-order chi connectivity index (χ0) is 19.5. The van der Waals surface area contributed by atoms with E-state index in [0.717, 1.165) is 51.3 Å². The second-order valence-electron chi connectivity index (χ2n) is 7.31. The Hall–Kier alpha value is -1.19. The number of quaternary nitrogens is 1. The number of carbonyl (C=O) groups is 1. The summed E-state index contributed by atoms with van der Waals surface area (Å²) in [5.74, 6) is -1.44. The maximum Gasteiger partial charge on any atom is 0.242 e. The predicted molar refractivity (Wildman–Crippen MR) is 98.3 cm³/mol. The molecule has 1 saturated carbocycles. The first kappa shape index (κ1) is 20.5. The van der Waals surface area contributed by atoms with Gasteiger partial charge in [0.1, 0.15) is 23.5 Å². The Labute approximate surface area is 164 Å². The van der Waals surface area contributed by atoms with E-state index in [1.165, 1.54) is 17.0 Å². The van der Waals surface area contributed by atoms with Crippen LogP contribution in [0.25, 0.3) is 0 Å². The summed E-state index contributed by atoms with van der Waals surface area (Å²) in [7, 11) is -3.94. The average molecular weight is 417 g/mol. The number of rotatable bonds is 6. The molecule has 1 saturated heterocycles. The molecule has 2 fully saturated rings. The number of carboxylic acids is 1. The third-order valence-electron chi connectivity index (χ3n) is 5.71. The number of nitrogens with one attached hydrogen (secondary N) is 2. The van der Waals surface area contributed by atoms with Gasteiger partial charge in [0.2, 0.25) is 10.0 Å². The molecule has 0 amide bonds. The molecule has 1 aliphatic heterocycles. The zero-order valence-electron chi connectivity index (χ0n) is 15.1. The van der Waals surface area contributed by atoms with Crippen LogP contribution in [0.2, 0.25) is 5.02 Å². The Bertz CT molecular complexity index is 787. The van der Waals surface area contributed by atoms with Gasteiger partial charge < -0.3 is 19.5 Å². The Balaban J connectivity index is 1.82. The molecule has 3 rings (SSSR count). The molecule has 1 aromatic rings. The molecule has 1 aliphatic carbocycles. The summed E-state index contributed by atoms with van der Waals surface area (Å²) in [6, 6.07) is 3.55. The number of benzene rings is 1. The third kappa shape index (κ3) is 4.63. The van der Waals surface area contributed by atoms with Crippen LogP contribution in [0.5, 0.6) is 0 Å². The number of sulfonamides is 1. The van der Waals surface area contributed by atoms with Gasteiger partial charge in [-0.1, -0.05) is 24.1 Å². The largest absolute Gasteiger partial charge is 0.545 e. The maximum absolute atomic E-state index is 12.9. The highest BCUT2D eigenvalue weighted by atomic mass is 35.5. The molecular formula is C18H25ClN2O5S. The van der Waals surface area contributed by atoms with Crippen molar-refractivity contribution in [1.82, 2.24) is 4.72 Å². The molecule has 150 valence electrons. The second-order valence-corrected chi connectivity index (χ2v) is 9.46. The summed E-state index contributed by atoms with van der Waals surface area (Å²) in [6.45, 7) is 3.40. The molecule has 0 radical (unpaired) electrons. The Morgan fingerprint density at radius 3 is 2.52 bits per heavy atom. The number of carbonyl (C=O) groups excluding carboxylic acids is 1. The van der Waals surface area contributed by atoms with E-state index in [4.69, 9.17) is 16.3 Å². The summed E-state index contributed by atoms with van der Waals surface area (Å²) >= 11 is 6.04. The maximum atomic E-state index is 12.9. The molecule has 0 aromatic heterocycles. The van der Waals surface area contributed by atoms with Crippen LogP contribution in [0.4, 0.5) is 0 Å². The summed E-state index contributed by atoms with van der Waals surface area (Å²) in [6.07, 6.45) is 5.23. The fourth-order valence-corrected chi connectivity index (χ4v) is 5.83. The van der Waals surface area contributed by atoms with Crippen molar-refractivity contribution < 1.29 is 28.0 Å². The summed E-state index contributed by atoms with van der Waals surface area (Å²) in [4.78, 5) is 12.2. The van der Waals surface area contributed by atoms with Gasteiger partial charge in [-0.25, -0.2) is 13.1 Å². The molecule has 0 atom stereocenters. The minimum absolute atomic E-state index is 0.0103. The average Bonchev–Trinajstić information content (AvgIpc) is 2.68. The fraction of sp³-hybridized carbons (Fsp3) is 0.611. The van der Waals surface area contributed by atoms with Crippen molar-refractivity contribution in [2.24, 2.45) is 0 Å². The van der Waals surface area contributed by atoms with E-state index in [-0.39, 0.29) is 21.0 Å². The van der Waals surface area contributed by atoms with Gasteiger partial charge in [-0.2, -0.15) is 0 Å². The number of aromatic carboxylic acids is 1. The first-order valence-corrected chi connectivity index (χ1v) is 11.1. The van der Waals surface area contributed by atoms with Crippen molar-refractivity contribution in [1.29, 1.82) is 0 Å². The Kier molecular flexibility index (Phi) is 6.43. The van der Waals surface area contributed by atoms with Crippen LogP contribution in [-0.4, -0.2) is 52.8 Å². The van der Waals surface area contributed by atoms with Crippen LogP contribution >= 0.6 is 11.6 Å². The number of carboxylic acid groups (broad SMARTS) is 1. The van der Waals surface area contributed by atoms with E-state index >= 15 is 0 Å². The molecule has 27 heavy (non-hydrogen) atoms. The molecule has 9 heteroatoms. The number of ether oxygens (including phenoxy) is 1. The normalized spacial score (nSPS) is 21.1. The van der Waals surface area contributed by atoms with E-state index in [9.17, 15) is 18.3 Å². The molecule has 2 aliphatic rings. The smallest absolute Gasteiger partial charge is 0.242 e. The summed E-state index contributed by atoms with van der Waals surface area (Å²) in [5.41, 5.74) is -0.376. The van der Waals surface area contributed by atoms with Crippen LogP contribution in [0.15, 0.2) is 23.1 Å². The van der Waals surface area contributed by atoms with Crippen molar-refractivity contribution in [3.63, 3.8) is 0 Å².